The number of hydrogen-bond acceptors (Lipinski definition) is 5. The molecule has 2 N–H and O–H groups in total. The third-order valence-corrected chi connectivity index (χ3v) is 11.3. The fourth-order valence-electron chi connectivity index (χ4n) is 6.55. The summed E-state index contributed by atoms with van der Waals surface area (Å²) >= 11 is 6.07. The molecule has 214 valence electrons. The third kappa shape index (κ3) is 4.61. The van der Waals surface area contributed by atoms with Crippen molar-refractivity contribution in [1.29, 1.82) is 0 Å². The largest absolute Gasteiger partial charge is 0.366 e. The van der Waals surface area contributed by atoms with Gasteiger partial charge in [0.15, 0.2) is 6.04 Å². The van der Waals surface area contributed by atoms with Crippen LogP contribution in [0.25, 0.3) is 0 Å². The van der Waals surface area contributed by atoms with Crippen LogP contribution in [0, 0.1) is 17.3 Å². The Bertz CT molecular complexity index is 1450. The summed E-state index contributed by atoms with van der Waals surface area (Å²) in [5, 5.41) is 6.70. The average molecular weight is 591 g/mol. The molecule has 0 saturated heterocycles. The van der Waals surface area contributed by atoms with Crippen molar-refractivity contribution in [2.45, 2.75) is 74.5 Å². The molecular formula is C29H33ClF2N4O3S. The molecule has 2 aromatic carbocycles. The van der Waals surface area contributed by atoms with Gasteiger partial charge in [-0.15, -0.1) is 0 Å². The lowest BCUT2D eigenvalue weighted by atomic mass is 9.44. The first-order valence-corrected chi connectivity index (χ1v) is 15.5. The summed E-state index contributed by atoms with van der Waals surface area (Å²) in [6.07, 6.45) is 2.08. The number of aliphatic imine (C=N–C) groups is 1. The van der Waals surface area contributed by atoms with Gasteiger partial charge in [-0.1, -0.05) is 41.9 Å². The van der Waals surface area contributed by atoms with Crippen molar-refractivity contribution in [3.63, 3.8) is 0 Å². The highest BCUT2D eigenvalue weighted by Gasteiger charge is 2.67. The number of carbonyl (C=O) groups excluding carboxylic acids is 1. The molecule has 1 amide bonds. The summed E-state index contributed by atoms with van der Waals surface area (Å²) in [4.78, 5) is 18.0. The zero-order chi connectivity index (χ0) is 28.5. The molecule has 0 spiro atoms. The van der Waals surface area contributed by atoms with E-state index in [1.54, 1.807) is 46.8 Å². The Hall–Kier alpha value is -2.56. The number of benzene rings is 2. The molecule has 2 aromatic rings. The predicted octanol–water partition coefficient (Wildman–Crippen LogP) is 4.62. The topological polar surface area (TPSA) is 90.9 Å². The van der Waals surface area contributed by atoms with E-state index >= 15 is 0 Å². The minimum Gasteiger partial charge on any atom is -0.366 e. The maximum Gasteiger partial charge on any atom is 0.253 e. The van der Waals surface area contributed by atoms with E-state index in [4.69, 9.17) is 16.6 Å². The van der Waals surface area contributed by atoms with Crippen LogP contribution in [0.5, 0.6) is 0 Å². The number of sulfonamides is 1. The quantitative estimate of drug-likeness (QED) is 0.446. The molecule has 40 heavy (non-hydrogen) atoms. The zero-order valence-corrected chi connectivity index (χ0v) is 24.0. The van der Waals surface area contributed by atoms with Crippen molar-refractivity contribution >= 4 is 33.4 Å². The summed E-state index contributed by atoms with van der Waals surface area (Å²) in [6.45, 7) is 3.92. The van der Waals surface area contributed by atoms with Gasteiger partial charge in [0.2, 0.25) is 15.9 Å². The minimum atomic E-state index is -3.79. The van der Waals surface area contributed by atoms with E-state index in [0.29, 0.717) is 11.4 Å². The van der Waals surface area contributed by atoms with Crippen LogP contribution in [0.3, 0.4) is 0 Å². The fraction of sp³-hybridized carbons (Fsp3) is 0.517. The zero-order valence-electron chi connectivity index (χ0n) is 22.4. The molecule has 6 rings (SSSR count). The van der Waals surface area contributed by atoms with Gasteiger partial charge in [0.1, 0.15) is 5.84 Å². The van der Waals surface area contributed by atoms with Crippen LogP contribution in [0.4, 0.5) is 8.78 Å². The van der Waals surface area contributed by atoms with Crippen molar-refractivity contribution in [3.8, 4) is 0 Å². The summed E-state index contributed by atoms with van der Waals surface area (Å²) in [5.41, 5.74) is -0.175. The highest BCUT2D eigenvalue weighted by atomic mass is 35.5. The second kappa shape index (κ2) is 9.49. The van der Waals surface area contributed by atoms with Crippen LogP contribution in [-0.2, 0) is 21.4 Å². The van der Waals surface area contributed by atoms with Crippen molar-refractivity contribution in [2.75, 3.05) is 6.54 Å². The van der Waals surface area contributed by atoms with Crippen LogP contribution in [0.2, 0.25) is 5.02 Å². The Labute approximate surface area is 238 Å². The van der Waals surface area contributed by atoms with Gasteiger partial charge in [-0.25, -0.2) is 17.2 Å². The molecule has 0 radical (unpaired) electrons. The molecule has 3 fully saturated rings. The van der Waals surface area contributed by atoms with Crippen molar-refractivity contribution in [2.24, 2.45) is 22.2 Å². The number of amides is 1. The van der Waals surface area contributed by atoms with Crippen LogP contribution in [0.1, 0.15) is 45.1 Å². The number of alkyl halides is 2. The van der Waals surface area contributed by atoms with Gasteiger partial charge in [-0.05, 0) is 68.9 Å². The molecule has 0 bridgehead atoms. The molecule has 4 aliphatic rings. The fourth-order valence-corrected chi connectivity index (χ4v) is 8.34. The SMILES string of the molecule is CC1(C)NC(C23CCC2C(N(Cc2ccc(Cl)cc2)S(=O)(=O)c2ccccc2)C3)=N[C@H]1C(=O)NCC1CC1(F)F. The summed E-state index contributed by atoms with van der Waals surface area (Å²) in [5.74, 6) is -3.09. The first kappa shape index (κ1) is 27.6. The van der Waals surface area contributed by atoms with Gasteiger partial charge in [0, 0.05) is 41.9 Å². The van der Waals surface area contributed by atoms with E-state index in [-0.39, 0.29) is 47.7 Å². The molecule has 4 unspecified atom stereocenters. The normalized spacial score (nSPS) is 31.3. The van der Waals surface area contributed by atoms with Crippen LogP contribution in [0.15, 0.2) is 64.5 Å². The van der Waals surface area contributed by atoms with E-state index < -0.39 is 33.4 Å². The second-order valence-electron chi connectivity index (χ2n) is 12.2. The highest BCUT2D eigenvalue weighted by molar-refractivity contribution is 7.89. The molecule has 0 aromatic heterocycles. The van der Waals surface area contributed by atoms with Gasteiger partial charge in [-0.3, -0.25) is 9.79 Å². The summed E-state index contributed by atoms with van der Waals surface area (Å²) in [7, 11) is -3.79. The van der Waals surface area contributed by atoms with Crippen LogP contribution in [-0.4, -0.2) is 54.6 Å². The monoisotopic (exact) mass is 590 g/mol. The maximum atomic E-state index is 13.9. The number of nitrogens with zero attached hydrogens (tertiary/aromatic N) is 2. The number of carbonyl (C=O) groups is 1. The second-order valence-corrected chi connectivity index (χ2v) is 14.5. The van der Waals surface area contributed by atoms with Gasteiger partial charge in [-0.2, -0.15) is 4.31 Å². The lowest BCUT2D eigenvalue weighted by Crippen LogP contribution is -2.70. The summed E-state index contributed by atoms with van der Waals surface area (Å²) in [6, 6.07) is 14.7. The molecule has 5 atom stereocenters. The van der Waals surface area contributed by atoms with E-state index in [1.807, 2.05) is 26.0 Å². The Morgan fingerprint density at radius 1 is 1.12 bits per heavy atom. The van der Waals surface area contributed by atoms with Crippen molar-refractivity contribution in [3.05, 3.63) is 65.2 Å². The standard InChI is InChI=1S/C29H33ClF2N4O3S/c1-27(2)24(25(37)33-16-19-14-29(19,31)32)34-26(35-27)28-13-12-22(28)23(15-28)36(17-18-8-10-20(30)11-9-18)40(38,39)21-6-4-3-5-7-21/h3-11,19,22-24H,12-17H2,1-2H3,(H,33,37)(H,34,35)/t19?,22?,23?,24-,28?/m0/s1. The molecular weight excluding hydrogens is 558 g/mol. The average Bonchev–Trinajstić information content (AvgIpc) is 3.39. The lowest BCUT2D eigenvalue weighted by molar-refractivity contribution is -0.123. The Balaban J connectivity index is 1.23. The molecule has 11 heteroatoms. The Morgan fingerprint density at radius 3 is 2.38 bits per heavy atom. The molecule has 7 nitrogen and oxygen atoms in total. The van der Waals surface area contributed by atoms with Gasteiger partial charge >= 0.3 is 0 Å². The molecule has 1 heterocycles. The highest BCUT2D eigenvalue weighted by Crippen LogP contribution is 2.64. The Morgan fingerprint density at radius 2 is 1.80 bits per heavy atom. The lowest BCUT2D eigenvalue weighted by Gasteiger charge is -2.65. The predicted molar refractivity (Wildman–Crippen MR) is 149 cm³/mol. The summed E-state index contributed by atoms with van der Waals surface area (Å²) < 4.78 is 56.0. The third-order valence-electron chi connectivity index (χ3n) is 9.20. The van der Waals surface area contributed by atoms with Gasteiger partial charge in [0.25, 0.3) is 5.92 Å². The minimum absolute atomic E-state index is 0.0484. The van der Waals surface area contributed by atoms with E-state index in [2.05, 4.69) is 10.6 Å². The maximum absolute atomic E-state index is 13.9. The molecule has 3 aliphatic carbocycles. The van der Waals surface area contributed by atoms with Crippen LogP contribution >= 0.6 is 11.6 Å². The number of rotatable bonds is 9. The van der Waals surface area contributed by atoms with Gasteiger partial charge < -0.3 is 10.6 Å². The van der Waals surface area contributed by atoms with Crippen LogP contribution < -0.4 is 10.6 Å². The Kier molecular flexibility index (Phi) is 6.55. The number of fused-ring (bicyclic) bond motifs is 1. The number of hydrogen-bond donors (Lipinski definition) is 2. The van der Waals surface area contributed by atoms with E-state index in [0.717, 1.165) is 24.2 Å². The van der Waals surface area contributed by atoms with Crippen molar-refractivity contribution < 1.29 is 22.0 Å². The smallest absolute Gasteiger partial charge is 0.253 e. The molecule has 1 aliphatic heterocycles. The molecule has 3 saturated carbocycles. The van der Waals surface area contributed by atoms with Crippen molar-refractivity contribution in [1.82, 2.24) is 14.9 Å². The first-order valence-electron chi connectivity index (χ1n) is 13.7. The number of nitrogens with one attached hydrogen (secondary N) is 2. The number of amidine groups is 1. The number of halogens is 3. The van der Waals surface area contributed by atoms with Gasteiger partial charge in [0.05, 0.1) is 10.4 Å². The first-order chi connectivity index (χ1) is 18.8. The van der Waals surface area contributed by atoms with E-state index in [1.165, 1.54) is 0 Å². The van der Waals surface area contributed by atoms with E-state index in [9.17, 15) is 22.0 Å².